The van der Waals surface area contributed by atoms with Gasteiger partial charge in [-0.3, -0.25) is 0 Å². The summed E-state index contributed by atoms with van der Waals surface area (Å²) in [5, 5.41) is 13.8. The molecule has 4 heterocycles. The van der Waals surface area contributed by atoms with Gasteiger partial charge in [0.15, 0.2) is 15.6 Å². The normalized spacial score (nSPS) is 27.4. The zero-order valence-electron chi connectivity index (χ0n) is 14.2. The number of nitrogens with zero attached hydrogens (tertiary/aromatic N) is 6. The van der Waals surface area contributed by atoms with Gasteiger partial charge in [0.05, 0.1) is 12.3 Å². The van der Waals surface area contributed by atoms with Gasteiger partial charge in [-0.05, 0) is 61.6 Å². The molecule has 7 nitrogen and oxygen atoms in total. The van der Waals surface area contributed by atoms with Crippen LogP contribution in [0.15, 0.2) is 6.20 Å². The minimum absolute atomic E-state index is 0.0499. The van der Waals surface area contributed by atoms with E-state index in [-0.39, 0.29) is 18.2 Å². The Morgan fingerprint density at radius 1 is 1.36 bits per heavy atom. The minimum atomic E-state index is -0.0499. The van der Waals surface area contributed by atoms with E-state index < -0.39 is 0 Å². The van der Waals surface area contributed by atoms with Gasteiger partial charge in [0.25, 0.3) is 0 Å². The molecule has 0 aliphatic carbocycles. The third-order valence-corrected chi connectivity index (χ3v) is 5.86. The second kappa shape index (κ2) is 7.03. The average molecular weight is 452 g/mol. The van der Waals surface area contributed by atoms with Crippen LogP contribution >= 0.6 is 22.6 Å². The zero-order valence-corrected chi connectivity index (χ0v) is 16.4. The summed E-state index contributed by atoms with van der Waals surface area (Å²) in [6, 6.07) is 2.68. The Labute approximate surface area is 160 Å². The predicted octanol–water partition coefficient (Wildman–Crippen LogP) is 3.26. The Morgan fingerprint density at radius 3 is 2.96 bits per heavy atom. The summed E-state index contributed by atoms with van der Waals surface area (Å²) in [7, 11) is 0. The average Bonchev–Trinajstić information content (AvgIpc) is 2.98. The first-order valence-corrected chi connectivity index (χ1v) is 9.94. The van der Waals surface area contributed by atoms with Gasteiger partial charge >= 0.3 is 0 Å². The number of ether oxygens (including phenoxy) is 1. The number of nitriles is 1. The van der Waals surface area contributed by atoms with Gasteiger partial charge in [0.2, 0.25) is 0 Å². The molecule has 132 valence electrons. The third kappa shape index (κ3) is 3.19. The van der Waals surface area contributed by atoms with Crippen LogP contribution in [-0.4, -0.2) is 38.9 Å². The van der Waals surface area contributed by atoms with Crippen LogP contribution in [0.1, 0.15) is 45.3 Å². The van der Waals surface area contributed by atoms with Gasteiger partial charge in [0.1, 0.15) is 11.3 Å². The Bertz CT molecular complexity index is 809. The van der Waals surface area contributed by atoms with Crippen molar-refractivity contribution in [3.8, 4) is 6.07 Å². The molecule has 0 N–H and O–H groups in total. The lowest BCUT2D eigenvalue weighted by Crippen LogP contribution is -2.41. The molecular weight excluding hydrogens is 431 g/mol. The topological polar surface area (TPSA) is 79.9 Å². The van der Waals surface area contributed by atoms with Crippen LogP contribution in [0.2, 0.25) is 0 Å². The fourth-order valence-electron chi connectivity index (χ4n) is 3.75. The summed E-state index contributed by atoms with van der Waals surface area (Å²) in [6.07, 6.45) is 6.75. The molecule has 8 heteroatoms. The van der Waals surface area contributed by atoms with Gasteiger partial charge in [-0.15, -0.1) is 0 Å². The smallest absolute Gasteiger partial charge is 0.182 e. The van der Waals surface area contributed by atoms with E-state index in [1.165, 1.54) is 0 Å². The molecule has 2 unspecified atom stereocenters. The number of piperidine rings is 1. The van der Waals surface area contributed by atoms with Gasteiger partial charge in [-0.2, -0.15) is 10.4 Å². The fourth-order valence-corrected chi connectivity index (χ4v) is 4.36. The lowest BCUT2D eigenvalue weighted by Gasteiger charge is -2.36. The van der Waals surface area contributed by atoms with E-state index in [1.54, 1.807) is 0 Å². The van der Waals surface area contributed by atoms with Crippen molar-refractivity contribution in [2.45, 2.75) is 51.3 Å². The minimum Gasteiger partial charge on any atom is -0.356 e. The number of hydrogen-bond acceptors (Lipinski definition) is 6. The van der Waals surface area contributed by atoms with Crippen molar-refractivity contribution in [1.29, 1.82) is 5.26 Å². The standard InChI is InChI=1S/C17H21IN6O/c1-11-8-12(9-19)5-6-23(11)13-10-20-15-16(18)22-24(17(15)21-13)14-4-2-3-7-25-14/h10-12,14H,2-8H2,1H3/t11-,12?,14?/m1/s1. The van der Waals surface area contributed by atoms with Crippen molar-refractivity contribution in [3.63, 3.8) is 0 Å². The fraction of sp³-hybridized carbons (Fsp3) is 0.647. The number of anilines is 1. The molecule has 3 atom stereocenters. The predicted molar refractivity (Wildman–Crippen MR) is 102 cm³/mol. The summed E-state index contributed by atoms with van der Waals surface area (Å²) < 4.78 is 8.66. The number of rotatable bonds is 2. The molecule has 2 fully saturated rings. The lowest BCUT2D eigenvalue weighted by atomic mass is 9.93. The van der Waals surface area contributed by atoms with Crippen LogP contribution in [0.25, 0.3) is 11.2 Å². The van der Waals surface area contributed by atoms with E-state index in [4.69, 9.17) is 15.0 Å². The highest BCUT2D eigenvalue weighted by Gasteiger charge is 2.28. The van der Waals surface area contributed by atoms with Gasteiger partial charge in [-0.1, -0.05) is 0 Å². The van der Waals surface area contributed by atoms with Crippen LogP contribution in [0.3, 0.4) is 0 Å². The molecule has 0 aromatic carbocycles. The highest BCUT2D eigenvalue weighted by molar-refractivity contribution is 14.1. The molecule has 0 amide bonds. The third-order valence-electron chi connectivity index (χ3n) is 5.13. The number of fused-ring (bicyclic) bond motifs is 1. The Balaban J connectivity index is 1.68. The maximum atomic E-state index is 9.17. The molecule has 0 saturated carbocycles. The first-order chi connectivity index (χ1) is 12.2. The molecule has 2 aromatic heterocycles. The maximum Gasteiger partial charge on any atom is 0.182 e. The van der Waals surface area contributed by atoms with Crippen LogP contribution < -0.4 is 4.90 Å². The first-order valence-electron chi connectivity index (χ1n) is 8.86. The molecule has 2 saturated heterocycles. The van der Waals surface area contributed by atoms with Crippen molar-refractivity contribution >= 4 is 39.6 Å². The van der Waals surface area contributed by atoms with Gasteiger partial charge in [0, 0.05) is 25.1 Å². The van der Waals surface area contributed by atoms with E-state index in [0.29, 0.717) is 0 Å². The van der Waals surface area contributed by atoms with E-state index in [1.807, 2.05) is 10.9 Å². The molecular formula is C17H21IN6O. The number of aromatic nitrogens is 4. The molecule has 25 heavy (non-hydrogen) atoms. The number of halogens is 1. The quantitative estimate of drug-likeness (QED) is 0.651. The van der Waals surface area contributed by atoms with E-state index in [9.17, 15) is 0 Å². The molecule has 2 aromatic rings. The largest absolute Gasteiger partial charge is 0.356 e. The summed E-state index contributed by atoms with van der Waals surface area (Å²) in [6.45, 7) is 3.76. The van der Waals surface area contributed by atoms with E-state index in [2.05, 4.69) is 50.6 Å². The zero-order chi connectivity index (χ0) is 17.4. The SMILES string of the molecule is C[C@@H]1CC(C#N)CCN1c1cnc2c(I)nn(C3CCCCO3)c2n1. The second-order valence-corrected chi connectivity index (χ2v) is 7.87. The second-order valence-electron chi connectivity index (χ2n) is 6.85. The molecule has 2 aliphatic heterocycles. The monoisotopic (exact) mass is 452 g/mol. The lowest BCUT2D eigenvalue weighted by molar-refractivity contribution is -0.0372. The first kappa shape index (κ1) is 17.0. The molecule has 0 spiro atoms. The Morgan fingerprint density at radius 2 is 2.24 bits per heavy atom. The molecule has 2 aliphatic rings. The highest BCUT2D eigenvalue weighted by atomic mass is 127. The Kier molecular flexibility index (Phi) is 4.78. The van der Waals surface area contributed by atoms with E-state index >= 15 is 0 Å². The maximum absolute atomic E-state index is 9.17. The van der Waals surface area contributed by atoms with Crippen molar-refractivity contribution in [2.24, 2.45) is 5.92 Å². The van der Waals surface area contributed by atoms with Crippen LogP contribution in [0.5, 0.6) is 0 Å². The molecule has 4 rings (SSSR count). The van der Waals surface area contributed by atoms with Crippen molar-refractivity contribution in [2.75, 3.05) is 18.1 Å². The van der Waals surface area contributed by atoms with Crippen molar-refractivity contribution < 1.29 is 4.74 Å². The Hall–Kier alpha value is -1.47. The van der Waals surface area contributed by atoms with Crippen molar-refractivity contribution in [1.82, 2.24) is 19.7 Å². The van der Waals surface area contributed by atoms with Gasteiger partial charge < -0.3 is 9.64 Å². The van der Waals surface area contributed by atoms with Gasteiger partial charge in [-0.25, -0.2) is 14.6 Å². The summed E-state index contributed by atoms with van der Waals surface area (Å²) in [5.74, 6) is 1.01. The summed E-state index contributed by atoms with van der Waals surface area (Å²) in [5.41, 5.74) is 1.63. The van der Waals surface area contributed by atoms with Crippen molar-refractivity contribution in [3.05, 3.63) is 9.90 Å². The van der Waals surface area contributed by atoms with Crippen LogP contribution in [0, 0.1) is 20.9 Å². The van der Waals surface area contributed by atoms with Crippen LogP contribution in [-0.2, 0) is 4.74 Å². The summed E-state index contributed by atoms with van der Waals surface area (Å²) in [4.78, 5) is 11.8. The van der Waals surface area contributed by atoms with Crippen LogP contribution in [0.4, 0.5) is 5.82 Å². The molecule has 0 bridgehead atoms. The molecule has 0 radical (unpaired) electrons. The highest BCUT2D eigenvalue weighted by Crippen LogP contribution is 2.30. The number of hydrogen-bond donors (Lipinski definition) is 0. The summed E-state index contributed by atoms with van der Waals surface area (Å²) >= 11 is 2.21. The van der Waals surface area contributed by atoms with E-state index in [0.717, 1.165) is 65.9 Å².